The molecule has 30 heavy (non-hydrogen) atoms. The molecule has 0 bridgehead atoms. The molecule has 3 heterocycles. The molecule has 0 saturated carbocycles. The van der Waals surface area contributed by atoms with Crippen molar-refractivity contribution in [3.8, 4) is 5.75 Å². The fourth-order valence-corrected chi connectivity index (χ4v) is 4.33. The van der Waals surface area contributed by atoms with Gasteiger partial charge in [-0.25, -0.2) is 4.79 Å². The van der Waals surface area contributed by atoms with Crippen LogP contribution >= 0.6 is 0 Å². The van der Waals surface area contributed by atoms with Crippen LogP contribution in [0.25, 0.3) is 11.0 Å². The predicted octanol–water partition coefficient (Wildman–Crippen LogP) is 2.18. The highest BCUT2D eigenvalue weighted by atomic mass is 16.5. The van der Waals surface area contributed by atoms with Crippen LogP contribution in [-0.2, 0) is 17.8 Å². The van der Waals surface area contributed by atoms with Gasteiger partial charge in [0.15, 0.2) is 6.73 Å². The van der Waals surface area contributed by atoms with Gasteiger partial charge in [0, 0.05) is 22.2 Å². The van der Waals surface area contributed by atoms with Crippen LogP contribution in [0, 0.1) is 13.8 Å². The highest BCUT2D eigenvalue weighted by molar-refractivity contribution is 5.86. The SMILES string of the molecule is Cc1c(C)c2ccc3c(c2oc1=O)CN(c1ccc(C[NH+]2CCOCC2)cc1)CO3. The molecule has 0 atom stereocenters. The Hall–Kier alpha value is -2.83. The van der Waals surface area contributed by atoms with Gasteiger partial charge in [-0.2, -0.15) is 0 Å². The van der Waals surface area contributed by atoms with Crippen LogP contribution in [0.3, 0.4) is 0 Å². The zero-order valence-corrected chi connectivity index (χ0v) is 17.5. The maximum absolute atomic E-state index is 12.3. The molecule has 156 valence electrons. The van der Waals surface area contributed by atoms with E-state index in [1.54, 1.807) is 4.90 Å². The van der Waals surface area contributed by atoms with Crippen LogP contribution in [0.4, 0.5) is 5.69 Å². The van der Waals surface area contributed by atoms with Crippen molar-refractivity contribution < 1.29 is 18.8 Å². The van der Waals surface area contributed by atoms with Gasteiger partial charge in [-0.05, 0) is 43.7 Å². The minimum absolute atomic E-state index is 0.277. The van der Waals surface area contributed by atoms with Crippen LogP contribution in [0.1, 0.15) is 22.3 Å². The lowest BCUT2D eigenvalue weighted by atomic mass is 10.0. The summed E-state index contributed by atoms with van der Waals surface area (Å²) in [5.41, 5.74) is 5.35. The maximum atomic E-state index is 12.3. The second-order valence-electron chi connectivity index (χ2n) is 8.24. The Bertz CT molecular complexity index is 1130. The molecule has 6 heteroatoms. The van der Waals surface area contributed by atoms with Gasteiger partial charge in [-0.3, -0.25) is 0 Å². The number of morpholine rings is 1. The average molecular weight is 407 g/mol. The number of rotatable bonds is 3. The lowest BCUT2D eigenvalue weighted by Gasteiger charge is -2.31. The summed E-state index contributed by atoms with van der Waals surface area (Å²) in [7, 11) is 0. The molecule has 2 aliphatic heterocycles. The first-order chi connectivity index (χ1) is 14.6. The van der Waals surface area contributed by atoms with Crippen molar-refractivity contribution in [1.29, 1.82) is 0 Å². The van der Waals surface area contributed by atoms with Crippen LogP contribution < -0.4 is 20.2 Å². The summed E-state index contributed by atoms with van der Waals surface area (Å²) in [5, 5.41) is 0.972. The van der Waals surface area contributed by atoms with Crippen molar-refractivity contribution in [2.45, 2.75) is 26.9 Å². The number of hydrogen-bond acceptors (Lipinski definition) is 5. The van der Waals surface area contributed by atoms with Gasteiger partial charge in [0.2, 0.25) is 0 Å². The summed E-state index contributed by atoms with van der Waals surface area (Å²) < 4.78 is 17.1. The van der Waals surface area contributed by atoms with Crippen LogP contribution in [0.15, 0.2) is 45.6 Å². The Kier molecular flexibility index (Phi) is 4.97. The van der Waals surface area contributed by atoms with E-state index >= 15 is 0 Å². The number of nitrogens with zero attached hydrogens (tertiary/aromatic N) is 1. The number of aryl methyl sites for hydroxylation is 1. The molecular weight excluding hydrogens is 380 g/mol. The number of fused-ring (bicyclic) bond motifs is 3. The second-order valence-corrected chi connectivity index (χ2v) is 8.24. The van der Waals surface area contributed by atoms with Crippen LogP contribution in [0.5, 0.6) is 5.75 Å². The van der Waals surface area contributed by atoms with E-state index in [0.717, 1.165) is 60.8 Å². The van der Waals surface area contributed by atoms with E-state index in [-0.39, 0.29) is 5.63 Å². The first kappa shape index (κ1) is 19.2. The number of anilines is 1. The third-order valence-electron chi connectivity index (χ3n) is 6.37. The van der Waals surface area contributed by atoms with Gasteiger partial charge < -0.3 is 23.7 Å². The zero-order valence-electron chi connectivity index (χ0n) is 17.5. The smallest absolute Gasteiger partial charge is 0.339 e. The number of ether oxygens (including phenoxy) is 2. The van der Waals surface area contributed by atoms with Gasteiger partial charge in [0.1, 0.15) is 31.0 Å². The second kappa shape index (κ2) is 7.78. The molecule has 1 fully saturated rings. The van der Waals surface area contributed by atoms with E-state index < -0.39 is 0 Å². The Balaban J connectivity index is 1.40. The van der Waals surface area contributed by atoms with Crippen molar-refractivity contribution in [1.82, 2.24) is 0 Å². The topological polar surface area (TPSA) is 56.4 Å². The molecule has 0 unspecified atom stereocenters. The van der Waals surface area contributed by atoms with Gasteiger partial charge >= 0.3 is 5.63 Å². The maximum Gasteiger partial charge on any atom is 0.339 e. The fourth-order valence-electron chi connectivity index (χ4n) is 4.33. The lowest BCUT2D eigenvalue weighted by molar-refractivity contribution is -0.921. The molecule has 0 amide bonds. The van der Waals surface area contributed by atoms with Gasteiger partial charge in [-0.15, -0.1) is 0 Å². The monoisotopic (exact) mass is 407 g/mol. The quantitative estimate of drug-likeness (QED) is 0.675. The van der Waals surface area contributed by atoms with Crippen molar-refractivity contribution in [3.05, 3.63) is 69.1 Å². The van der Waals surface area contributed by atoms with Crippen LogP contribution in [-0.4, -0.2) is 33.0 Å². The van der Waals surface area contributed by atoms with E-state index in [1.807, 2.05) is 26.0 Å². The first-order valence-electron chi connectivity index (χ1n) is 10.5. The molecule has 5 rings (SSSR count). The van der Waals surface area contributed by atoms with Crippen molar-refractivity contribution in [2.75, 3.05) is 37.9 Å². The third-order valence-corrected chi connectivity index (χ3v) is 6.37. The van der Waals surface area contributed by atoms with E-state index in [4.69, 9.17) is 13.9 Å². The van der Waals surface area contributed by atoms with Gasteiger partial charge in [0.25, 0.3) is 0 Å². The fraction of sp³-hybridized carbons (Fsp3) is 0.375. The van der Waals surface area contributed by atoms with E-state index in [1.165, 1.54) is 5.56 Å². The van der Waals surface area contributed by atoms with E-state index in [9.17, 15) is 4.79 Å². The molecule has 2 aliphatic rings. The average Bonchev–Trinajstić information content (AvgIpc) is 2.78. The standard InChI is InChI=1S/C24H26N2O4/c1-16-17(2)24(27)30-23-20(16)7-8-22-21(23)14-26(15-29-22)19-5-3-18(4-6-19)13-25-9-11-28-12-10-25/h3-8H,9-15H2,1-2H3/p+1. The first-order valence-corrected chi connectivity index (χ1v) is 10.5. The van der Waals surface area contributed by atoms with Crippen molar-refractivity contribution >= 4 is 16.7 Å². The number of nitrogens with one attached hydrogen (secondary N) is 1. The summed E-state index contributed by atoms with van der Waals surface area (Å²) in [6, 6.07) is 12.7. The Morgan fingerprint density at radius 2 is 1.77 bits per heavy atom. The lowest BCUT2D eigenvalue weighted by Crippen LogP contribution is -3.12. The summed E-state index contributed by atoms with van der Waals surface area (Å²) in [6.07, 6.45) is 0. The number of benzene rings is 2. The molecule has 3 aromatic rings. The largest absolute Gasteiger partial charge is 0.473 e. The number of hydrogen-bond donors (Lipinski definition) is 1. The molecular formula is C24H27N2O4+. The summed E-state index contributed by atoms with van der Waals surface area (Å²) in [6.45, 7) is 9.75. The Morgan fingerprint density at radius 1 is 1.00 bits per heavy atom. The molecule has 0 aliphatic carbocycles. The van der Waals surface area contributed by atoms with Gasteiger partial charge in [-0.1, -0.05) is 12.1 Å². The highest BCUT2D eigenvalue weighted by Crippen LogP contribution is 2.35. The molecule has 1 N–H and O–H groups in total. The minimum Gasteiger partial charge on any atom is -0.473 e. The summed E-state index contributed by atoms with van der Waals surface area (Å²) in [4.78, 5) is 16.0. The van der Waals surface area contributed by atoms with Gasteiger partial charge in [0.05, 0.1) is 25.3 Å². The van der Waals surface area contributed by atoms with Crippen molar-refractivity contribution in [3.63, 3.8) is 0 Å². The molecule has 2 aromatic carbocycles. The molecule has 6 nitrogen and oxygen atoms in total. The summed E-state index contributed by atoms with van der Waals surface area (Å²) in [5.74, 6) is 0.790. The minimum atomic E-state index is -0.277. The van der Waals surface area contributed by atoms with E-state index in [0.29, 0.717) is 24.4 Å². The highest BCUT2D eigenvalue weighted by Gasteiger charge is 2.23. The Labute approximate surface area is 175 Å². The van der Waals surface area contributed by atoms with Crippen molar-refractivity contribution in [2.24, 2.45) is 0 Å². The van der Waals surface area contributed by atoms with E-state index in [2.05, 4.69) is 29.2 Å². The molecule has 1 aromatic heterocycles. The molecule has 1 saturated heterocycles. The zero-order chi connectivity index (χ0) is 20.7. The summed E-state index contributed by atoms with van der Waals surface area (Å²) >= 11 is 0. The predicted molar refractivity (Wildman–Crippen MR) is 115 cm³/mol. The van der Waals surface area contributed by atoms with Crippen LogP contribution in [0.2, 0.25) is 0 Å². The molecule has 0 spiro atoms. The Morgan fingerprint density at radius 3 is 2.53 bits per heavy atom. The third kappa shape index (κ3) is 3.46. The number of quaternary nitrogens is 1. The normalized spacial score (nSPS) is 17.1. The molecule has 0 radical (unpaired) electrons.